The van der Waals surface area contributed by atoms with Crippen molar-refractivity contribution in [2.24, 2.45) is 11.3 Å². The molecule has 7 heterocycles. The first kappa shape index (κ1) is 55.5. The number of aliphatic hydroxyl groups is 1. The predicted octanol–water partition coefficient (Wildman–Crippen LogP) is 9.13. The summed E-state index contributed by atoms with van der Waals surface area (Å²) in [6, 6.07) is 25.9. The molecular formula is C61H74N10O10S. The lowest BCUT2D eigenvalue weighted by Crippen LogP contribution is -2.59. The molecule has 1 spiro atoms. The smallest absolute Gasteiger partial charge is 0.293 e. The molecule has 82 heavy (non-hydrogen) atoms. The summed E-state index contributed by atoms with van der Waals surface area (Å²) in [5.74, 6) is 1.33. The first-order valence-electron chi connectivity index (χ1n) is 29.0. The van der Waals surface area contributed by atoms with Crippen molar-refractivity contribution >= 4 is 55.4 Å². The number of methoxy groups -OCH3 is 1. The third-order valence-electron chi connectivity index (χ3n) is 18.1. The quantitative estimate of drug-likeness (QED) is 0.0523. The normalized spacial score (nSPS) is 24.1. The Morgan fingerprint density at radius 1 is 0.963 bits per heavy atom. The molecule has 6 aliphatic rings. The van der Waals surface area contributed by atoms with E-state index in [9.17, 15) is 28.4 Å². The van der Waals surface area contributed by atoms with Crippen LogP contribution in [0.5, 0.6) is 17.4 Å². The molecule has 2 saturated carbocycles. The van der Waals surface area contributed by atoms with Gasteiger partial charge in [-0.3, -0.25) is 29.7 Å². The van der Waals surface area contributed by atoms with Crippen molar-refractivity contribution in [3.8, 4) is 17.4 Å². The summed E-state index contributed by atoms with van der Waals surface area (Å²) in [5.41, 5.74) is 4.16. The van der Waals surface area contributed by atoms with Crippen LogP contribution in [0.25, 0.3) is 11.0 Å². The number of anilines is 4. The summed E-state index contributed by atoms with van der Waals surface area (Å²) in [6.07, 6.45) is 10.7. The number of amides is 1. The Labute approximate surface area is 478 Å². The van der Waals surface area contributed by atoms with Gasteiger partial charge in [0.25, 0.3) is 21.6 Å². The van der Waals surface area contributed by atoms with Crippen LogP contribution in [-0.2, 0) is 21.3 Å². The average molecular weight is 1140 g/mol. The van der Waals surface area contributed by atoms with E-state index in [1.165, 1.54) is 17.7 Å². The molecule has 3 aromatic heterocycles. The van der Waals surface area contributed by atoms with Gasteiger partial charge in [0.05, 0.1) is 70.5 Å². The number of nitrogens with one attached hydrogen (secondary N) is 3. The Balaban J connectivity index is 0.798. The zero-order valence-corrected chi connectivity index (χ0v) is 47.9. The second-order valence-electron chi connectivity index (χ2n) is 24.0. The zero-order chi connectivity index (χ0) is 56.9. The number of pyridine rings is 2. The fraction of sp³-hybridized carbons (Fsp3) is 0.492. The minimum absolute atomic E-state index is 0.0373. The van der Waals surface area contributed by atoms with Crippen LogP contribution in [0.4, 0.5) is 28.4 Å². The van der Waals surface area contributed by atoms with Crippen LogP contribution in [0.15, 0.2) is 102 Å². The summed E-state index contributed by atoms with van der Waals surface area (Å²) in [5, 5.41) is 26.9. The number of hydrogen-bond acceptors (Lipinski definition) is 17. The Kier molecular flexibility index (Phi) is 15.3. The number of aromatic nitrogens is 3. The van der Waals surface area contributed by atoms with Gasteiger partial charge in [-0.05, 0) is 151 Å². The summed E-state index contributed by atoms with van der Waals surface area (Å²) in [4.78, 5) is 48.7. The highest BCUT2D eigenvalue weighted by Gasteiger charge is 2.51. The van der Waals surface area contributed by atoms with Crippen LogP contribution in [0, 0.1) is 21.4 Å². The number of aromatic amines is 1. The maximum absolute atomic E-state index is 14.8. The monoisotopic (exact) mass is 1140 g/mol. The van der Waals surface area contributed by atoms with Crippen LogP contribution in [0.1, 0.15) is 106 Å². The van der Waals surface area contributed by atoms with E-state index in [1.807, 2.05) is 43.3 Å². The fourth-order valence-electron chi connectivity index (χ4n) is 13.5. The van der Waals surface area contributed by atoms with Crippen LogP contribution < -0.4 is 34.0 Å². The van der Waals surface area contributed by atoms with Gasteiger partial charge in [-0.15, -0.1) is 0 Å². The van der Waals surface area contributed by atoms with Crippen LogP contribution in [-0.4, -0.2) is 139 Å². The number of nitrogens with zero attached hydrogens (tertiary/aromatic N) is 7. The standard InChI is InChI=1S/C61H74N10O10S/c1-39(2)80-55-8-6-5-7-47(55)54-37-67(36-42-9-11-45(78-4)35-63-42)26-27-69(54)44-32-61(33-44)21-24-68(25-22-61)43-10-13-48(51(30-43)70-50-18-28-79-38-56(50)81-59-53(70)29-41-17-23-62-57(41)65-59)58(72)66-82(76,77)46-12-14-49(52(31-46)71(74)75)64-34-40-15-19-60(3,73)20-16-40/h5-14,17,23,29-31,35,39-40,44,50,54,56,64,73H,15-16,18-22,24-28,32-34,36-38H2,1-4H3,(H,62,65)(H,66,72)/t40?,50-,54+,56-,60?/m0/s1. The van der Waals surface area contributed by atoms with Crippen LogP contribution in [0.2, 0.25) is 0 Å². The molecule has 0 radical (unpaired) electrons. The first-order valence-corrected chi connectivity index (χ1v) is 30.4. The number of para-hydroxylation sites is 1. The Bertz CT molecular complexity index is 3420. The first-order chi connectivity index (χ1) is 39.5. The number of benzene rings is 3. The summed E-state index contributed by atoms with van der Waals surface area (Å²) >= 11 is 0. The predicted molar refractivity (Wildman–Crippen MR) is 312 cm³/mol. The van der Waals surface area contributed by atoms with Gasteiger partial charge in [-0.1, -0.05) is 18.2 Å². The highest BCUT2D eigenvalue weighted by molar-refractivity contribution is 7.90. The number of piperidine rings is 1. The van der Waals surface area contributed by atoms with Gasteiger partial charge in [0.2, 0.25) is 5.88 Å². The molecule has 4 N–H and O–H groups in total. The molecule has 2 aliphatic carbocycles. The lowest BCUT2D eigenvalue weighted by atomic mass is 9.59. The largest absolute Gasteiger partial charge is 0.495 e. The van der Waals surface area contributed by atoms with Gasteiger partial charge in [-0.25, -0.2) is 13.1 Å². The van der Waals surface area contributed by atoms with E-state index < -0.39 is 43.1 Å². The van der Waals surface area contributed by atoms with Gasteiger partial charge in [0.1, 0.15) is 34.6 Å². The average Bonchev–Trinajstić information content (AvgIpc) is 2.79. The molecule has 4 aliphatic heterocycles. The van der Waals surface area contributed by atoms with Crippen molar-refractivity contribution in [2.75, 3.05) is 74.7 Å². The molecule has 3 saturated heterocycles. The maximum Gasteiger partial charge on any atom is 0.293 e. The maximum atomic E-state index is 14.8. The highest BCUT2D eigenvalue weighted by Crippen LogP contribution is 2.54. The van der Waals surface area contributed by atoms with Gasteiger partial charge in [0.15, 0.2) is 0 Å². The zero-order valence-electron chi connectivity index (χ0n) is 47.1. The minimum Gasteiger partial charge on any atom is -0.495 e. The van der Waals surface area contributed by atoms with Crippen LogP contribution >= 0.6 is 0 Å². The molecule has 434 valence electrons. The lowest BCUT2D eigenvalue weighted by Gasteiger charge is -2.58. The van der Waals surface area contributed by atoms with Crippen molar-refractivity contribution in [2.45, 2.75) is 126 Å². The highest BCUT2D eigenvalue weighted by atomic mass is 32.2. The Morgan fingerprint density at radius 2 is 1.77 bits per heavy atom. The van der Waals surface area contributed by atoms with E-state index in [0.717, 1.165) is 112 Å². The lowest BCUT2D eigenvalue weighted by molar-refractivity contribution is -0.384. The van der Waals surface area contributed by atoms with Gasteiger partial charge in [0, 0.05) is 87.4 Å². The molecule has 5 fully saturated rings. The van der Waals surface area contributed by atoms with E-state index in [2.05, 4.69) is 72.7 Å². The number of hydrogen-bond donors (Lipinski definition) is 4. The second kappa shape index (κ2) is 22.6. The number of carbonyl (C=O) groups is 1. The number of nitro groups is 1. The molecule has 3 aromatic carbocycles. The summed E-state index contributed by atoms with van der Waals surface area (Å²) in [6.45, 7) is 12.2. The number of piperazine rings is 1. The number of H-pyrrole nitrogens is 1. The third-order valence-corrected chi connectivity index (χ3v) is 19.4. The Morgan fingerprint density at radius 3 is 2.52 bits per heavy atom. The third kappa shape index (κ3) is 11.4. The van der Waals surface area contributed by atoms with Crippen LogP contribution in [0.3, 0.4) is 0 Å². The van der Waals surface area contributed by atoms with Crippen molar-refractivity contribution in [3.63, 3.8) is 0 Å². The van der Waals surface area contributed by atoms with E-state index in [1.54, 1.807) is 25.6 Å². The van der Waals surface area contributed by atoms with Crippen molar-refractivity contribution < 1.29 is 42.2 Å². The minimum atomic E-state index is -4.65. The SMILES string of the molecule is COc1ccc(CN2CCN(C3CC4(CCN(c5ccc(C(=O)NS(=O)(=O)c6ccc(NCC7CCC(C)(O)CC7)c([N+](=O)[O-])c6)c(N6c7cc8cc[nH]c8nc7O[C@H]7COCC[C@@H]76)c5)CC4)C3)[C@@H](c3ccccc3OC(C)C)C2)nc1. The van der Waals surface area contributed by atoms with Gasteiger partial charge >= 0.3 is 0 Å². The molecule has 20 nitrogen and oxygen atoms in total. The second-order valence-corrected chi connectivity index (χ2v) is 25.7. The van der Waals surface area contributed by atoms with Gasteiger partial charge < -0.3 is 44.2 Å². The molecule has 3 atom stereocenters. The number of fused-ring (bicyclic) bond motifs is 3. The topological polar surface area (TPSA) is 230 Å². The summed E-state index contributed by atoms with van der Waals surface area (Å²) in [7, 11) is -2.99. The molecule has 12 rings (SSSR count). The van der Waals surface area contributed by atoms with Crippen molar-refractivity contribution in [1.29, 1.82) is 0 Å². The Hall–Kier alpha value is -7.04. The van der Waals surface area contributed by atoms with E-state index in [0.29, 0.717) is 61.4 Å². The van der Waals surface area contributed by atoms with E-state index in [-0.39, 0.29) is 47.4 Å². The van der Waals surface area contributed by atoms with Crippen molar-refractivity contribution in [1.82, 2.24) is 29.5 Å². The molecule has 0 bridgehead atoms. The van der Waals surface area contributed by atoms with Crippen molar-refractivity contribution in [3.05, 3.63) is 124 Å². The molecule has 6 aromatic rings. The number of carbonyl (C=O) groups excluding carboxylic acids is 1. The van der Waals surface area contributed by atoms with E-state index >= 15 is 0 Å². The van der Waals surface area contributed by atoms with Gasteiger partial charge in [-0.2, -0.15) is 4.98 Å². The van der Waals surface area contributed by atoms with E-state index in [4.69, 9.17) is 28.9 Å². The molecule has 0 unspecified atom stereocenters. The molecular weight excluding hydrogens is 1060 g/mol. The number of nitro benzene ring substituents is 1. The number of sulfonamides is 1. The number of ether oxygens (including phenoxy) is 4. The fourth-order valence-corrected chi connectivity index (χ4v) is 14.5. The summed E-state index contributed by atoms with van der Waals surface area (Å²) < 4.78 is 55.2. The molecule has 1 amide bonds. The number of rotatable bonds is 16. The molecule has 21 heteroatoms.